The molecule has 8 heterocycles. The molecule has 8 aromatic rings. The van der Waals surface area contributed by atoms with E-state index in [-0.39, 0.29) is 24.4 Å². The Morgan fingerprint density at radius 1 is 0.516 bits per heavy atom. The Morgan fingerprint density at radius 2 is 0.968 bits per heavy atom. The molecule has 0 radical (unpaired) electrons. The molecule has 0 saturated carbocycles. The molecule has 0 N–H and O–H groups in total. The predicted molar refractivity (Wildman–Crippen MR) is 228 cm³/mol. The summed E-state index contributed by atoms with van der Waals surface area (Å²) in [5.41, 5.74) is 7.19. The van der Waals surface area contributed by atoms with Gasteiger partial charge in [-0.2, -0.15) is 0 Å². The lowest BCUT2D eigenvalue weighted by atomic mass is 10.0. The van der Waals surface area contributed by atoms with Gasteiger partial charge in [0, 0.05) is 48.0 Å². The van der Waals surface area contributed by atoms with Crippen LogP contribution >= 0.6 is 0 Å². The number of pyridine rings is 4. The second-order valence-corrected chi connectivity index (χ2v) is 14.7. The van der Waals surface area contributed by atoms with Crippen LogP contribution in [0.15, 0.2) is 110 Å². The molecule has 0 saturated heterocycles. The highest BCUT2D eigenvalue weighted by molar-refractivity contribution is 5.71. The first kappa shape index (κ1) is 39.8. The lowest BCUT2D eigenvalue weighted by molar-refractivity contribution is 0.0277. The summed E-state index contributed by atoms with van der Waals surface area (Å²) in [6.07, 6.45) is 9.55. The number of imidazole rings is 2. The minimum absolute atomic E-state index is 0.210. The van der Waals surface area contributed by atoms with E-state index in [9.17, 15) is 0 Å². The monoisotopic (exact) mass is 836 g/mol. The first-order valence-electron chi connectivity index (χ1n) is 19.9. The molecule has 2 aliphatic rings. The third-order valence-electron chi connectivity index (χ3n) is 10.6. The largest absolute Gasteiger partial charge is 0.493 e. The lowest BCUT2D eigenvalue weighted by Gasteiger charge is -2.33. The molecule has 4 atom stereocenters. The van der Waals surface area contributed by atoms with Crippen molar-refractivity contribution < 1.29 is 37.9 Å². The van der Waals surface area contributed by atoms with E-state index in [2.05, 4.69) is 29.9 Å². The number of benzene rings is 2. The molecule has 6 aromatic heterocycles. The number of aromatic nitrogens is 8. The van der Waals surface area contributed by atoms with E-state index in [1.54, 1.807) is 65.9 Å². The minimum Gasteiger partial charge on any atom is -0.493 e. The molecular formula is C46H44N8O8. The average Bonchev–Trinajstić information content (AvgIpc) is 3.92. The summed E-state index contributed by atoms with van der Waals surface area (Å²) in [5, 5.41) is 0. The smallest absolute Gasteiger partial charge is 0.212 e. The van der Waals surface area contributed by atoms with Gasteiger partial charge in [0.05, 0.1) is 54.2 Å². The molecule has 0 aliphatic carbocycles. The van der Waals surface area contributed by atoms with Crippen molar-refractivity contribution in [1.82, 2.24) is 39.0 Å². The van der Waals surface area contributed by atoms with E-state index in [1.807, 2.05) is 95.8 Å². The van der Waals surface area contributed by atoms with Gasteiger partial charge in [0.2, 0.25) is 23.3 Å². The summed E-state index contributed by atoms with van der Waals surface area (Å²) < 4.78 is 50.7. The molecule has 0 unspecified atom stereocenters. The summed E-state index contributed by atoms with van der Waals surface area (Å²) in [6.45, 7) is 5.12. The second-order valence-electron chi connectivity index (χ2n) is 14.7. The zero-order valence-corrected chi connectivity index (χ0v) is 35.0. The van der Waals surface area contributed by atoms with Crippen molar-refractivity contribution in [3.05, 3.63) is 132 Å². The highest BCUT2D eigenvalue weighted by Crippen LogP contribution is 2.48. The van der Waals surface area contributed by atoms with Crippen LogP contribution in [0.25, 0.3) is 22.3 Å². The maximum Gasteiger partial charge on any atom is 0.212 e. The van der Waals surface area contributed by atoms with Crippen molar-refractivity contribution in [2.75, 3.05) is 28.4 Å². The van der Waals surface area contributed by atoms with Crippen molar-refractivity contribution in [3.8, 4) is 46.3 Å². The summed E-state index contributed by atoms with van der Waals surface area (Å²) >= 11 is 0. The molecule has 10 rings (SSSR count). The van der Waals surface area contributed by atoms with Gasteiger partial charge < -0.3 is 47.0 Å². The van der Waals surface area contributed by atoms with E-state index < -0.39 is 0 Å². The molecule has 2 aliphatic heterocycles. The summed E-state index contributed by atoms with van der Waals surface area (Å²) in [6, 6.07) is 23.0. The van der Waals surface area contributed by atoms with Crippen molar-refractivity contribution in [2.45, 2.75) is 51.4 Å². The zero-order chi connectivity index (χ0) is 42.7. The SMILES string of the molecule is COc1ccc([C@@H]2Oc3c(OC)cc(Cn4cnc5cccnc54)cc3O[C@H]2C)cn1.COc1ccc([C@H]2Oc3c(OC)cc(Cn4cnc5cccnc54)cc3O[C@@H]2C)cn1. The van der Waals surface area contributed by atoms with Crippen LogP contribution in [-0.4, -0.2) is 79.7 Å². The predicted octanol–water partition coefficient (Wildman–Crippen LogP) is 7.59. The molecule has 0 amide bonds. The first-order valence-corrected chi connectivity index (χ1v) is 19.9. The van der Waals surface area contributed by atoms with Gasteiger partial charge in [0.25, 0.3) is 0 Å². The fraction of sp³-hybridized carbons (Fsp3) is 0.261. The van der Waals surface area contributed by atoms with Crippen LogP contribution in [-0.2, 0) is 13.1 Å². The number of nitrogens with zero attached hydrogens (tertiary/aromatic N) is 8. The van der Waals surface area contributed by atoms with Gasteiger partial charge in [-0.05, 0) is 85.6 Å². The van der Waals surface area contributed by atoms with Crippen LogP contribution in [0, 0.1) is 0 Å². The molecule has 0 spiro atoms. The molecule has 0 bridgehead atoms. The normalized spacial score (nSPS) is 17.5. The van der Waals surface area contributed by atoms with Crippen LogP contribution in [0.2, 0.25) is 0 Å². The molecule has 16 heteroatoms. The van der Waals surface area contributed by atoms with Crippen molar-refractivity contribution in [1.29, 1.82) is 0 Å². The summed E-state index contributed by atoms with van der Waals surface area (Å²) in [5.74, 6) is 4.80. The van der Waals surface area contributed by atoms with Crippen LogP contribution < -0.4 is 37.9 Å². The van der Waals surface area contributed by atoms with Gasteiger partial charge in [-0.15, -0.1) is 0 Å². The number of hydrogen-bond acceptors (Lipinski definition) is 14. The lowest BCUT2D eigenvalue weighted by Crippen LogP contribution is -2.31. The van der Waals surface area contributed by atoms with Gasteiger partial charge in [0.15, 0.2) is 46.5 Å². The molecule has 0 fully saturated rings. The number of hydrogen-bond donors (Lipinski definition) is 0. The number of rotatable bonds is 10. The highest BCUT2D eigenvalue weighted by atomic mass is 16.6. The third kappa shape index (κ3) is 7.89. The molecule has 62 heavy (non-hydrogen) atoms. The Labute approximate surface area is 357 Å². The van der Waals surface area contributed by atoms with Crippen LogP contribution in [0.5, 0.6) is 46.3 Å². The van der Waals surface area contributed by atoms with Gasteiger partial charge >= 0.3 is 0 Å². The van der Waals surface area contributed by atoms with Gasteiger partial charge in [-0.1, -0.05) is 0 Å². The summed E-state index contributed by atoms with van der Waals surface area (Å²) in [4.78, 5) is 26.3. The van der Waals surface area contributed by atoms with Gasteiger partial charge in [-0.3, -0.25) is 0 Å². The first-order chi connectivity index (χ1) is 30.3. The van der Waals surface area contributed by atoms with Crippen LogP contribution in [0.3, 0.4) is 0 Å². The maximum absolute atomic E-state index is 6.32. The van der Waals surface area contributed by atoms with Crippen molar-refractivity contribution in [3.63, 3.8) is 0 Å². The number of ether oxygens (including phenoxy) is 8. The fourth-order valence-corrected chi connectivity index (χ4v) is 7.58. The van der Waals surface area contributed by atoms with Gasteiger partial charge in [0.1, 0.15) is 23.2 Å². The fourth-order valence-electron chi connectivity index (χ4n) is 7.58. The second kappa shape index (κ2) is 17.2. The number of fused-ring (bicyclic) bond motifs is 4. The van der Waals surface area contributed by atoms with Crippen molar-refractivity contribution in [2.24, 2.45) is 0 Å². The van der Waals surface area contributed by atoms with E-state index in [0.717, 1.165) is 44.6 Å². The Bertz CT molecular complexity index is 2640. The standard InChI is InChI=1S/2C23H22N4O4/c2*1-14-21(16-6-7-20(29-3)25-11-16)31-22-18(28-2)9-15(10-19(22)30-14)12-27-13-26-17-5-4-8-24-23(17)27/h2*4-11,13-14,21H,12H2,1-3H3/t2*14-,21+/m10/s1. The average molecular weight is 837 g/mol. The van der Waals surface area contributed by atoms with Gasteiger partial charge in [-0.25, -0.2) is 29.9 Å². The highest BCUT2D eigenvalue weighted by Gasteiger charge is 2.34. The minimum atomic E-state index is -0.313. The van der Waals surface area contributed by atoms with Crippen LogP contribution in [0.4, 0.5) is 0 Å². The van der Waals surface area contributed by atoms with E-state index in [4.69, 9.17) is 37.9 Å². The van der Waals surface area contributed by atoms with Crippen molar-refractivity contribution >= 4 is 22.3 Å². The molecule has 16 nitrogen and oxygen atoms in total. The van der Waals surface area contributed by atoms with Crippen LogP contribution in [0.1, 0.15) is 48.3 Å². The Kier molecular flexibility index (Phi) is 11.0. The molecule has 2 aromatic carbocycles. The topological polar surface area (TPSA) is 161 Å². The quantitative estimate of drug-likeness (QED) is 0.133. The Morgan fingerprint density at radius 3 is 1.35 bits per heavy atom. The van der Waals surface area contributed by atoms with E-state index in [1.165, 1.54) is 0 Å². The molecule has 316 valence electrons. The summed E-state index contributed by atoms with van der Waals surface area (Å²) in [7, 11) is 6.43. The van der Waals surface area contributed by atoms with E-state index >= 15 is 0 Å². The maximum atomic E-state index is 6.32. The zero-order valence-electron chi connectivity index (χ0n) is 35.0. The Balaban J connectivity index is 0.000000158. The molecular weight excluding hydrogens is 793 g/mol. The number of methoxy groups -OCH3 is 4. The third-order valence-corrected chi connectivity index (χ3v) is 10.6. The Hall–Kier alpha value is -7.62. The van der Waals surface area contributed by atoms with E-state index in [0.29, 0.717) is 59.3 Å².